The molecule has 0 amide bonds. The fourth-order valence-corrected chi connectivity index (χ4v) is 4.82. The summed E-state index contributed by atoms with van der Waals surface area (Å²) in [7, 11) is 0. The molecule has 2 aliphatic heterocycles. The molecule has 108 valence electrons. The molecule has 0 spiro atoms. The minimum absolute atomic E-state index is 0.723. The van der Waals surface area contributed by atoms with E-state index in [1.165, 1.54) is 51.0 Å². The maximum absolute atomic E-state index is 3.81. The Bertz CT molecular complexity index is 484. The maximum atomic E-state index is 3.81. The van der Waals surface area contributed by atoms with E-state index in [-0.39, 0.29) is 0 Å². The first-order chi connectivity index (χ1) is 9.81. The number of anilines is 1. The Labute approximate surface area is 122 Å². The number of nitrogens with zero attached hydrogens (tertiary/aromatic N) is 1. The van der Waals surface area contributed by atoms with Crippen molar-refractivity contribution in [1.29, 1.82) is 0 Å². The first-order valence-corrected chi connectivity index (χ1v) is 8.37. The lowest BCUT2D eigenvalue weighted by Gasteiger charge is -2.37. The van der Waals surface area contributed by atoms with E-state index in [2.05, 4.69) is 41.4 Å². The van der Waals surface area contributed by atoms with Gasteiger partial charge in [0.2, 0.25) is 0 Å². The summed E-state index contributed by atoms with van der Waals surface area (Å²) in [5.41, 5.74) is 3.04. The number of fused-ring (bicyclic) bond motifs is 2. The van der Waals surface area contributed by atoms with Gasteiger partial charge in [-0.2, -0.15) is 0 Å². The minimum atomic E-state index is 0.723. The first-order valence-electron chi connectivity index (χ1n) is 8.37. The smallest absolute Gasteiger partial charge is 0.0399 e. The molecule has 2 heteroatoms. The third-order valence-corrected chi connectivity index (χ3v) is 5.73. The van der Waals surface area contributed by atoms with E-state index in [4.69, 9.17) is 0 Å². The van der Waals surface area contributed by atoms with Gasteiger partial charge in [-0.25, -0.2) is 0 Å². The van der Waals surface area contributed by atoms with E-state index in [9.17, 15) is 0 Å². The number of rotatable bonds is 2. The van der Waals surface area contributed by atoms with Crippen LogP contribution in [0.4, 0.5) is 5.69 Å². The average Bonchev–Trinajstić information content (AvgIpc) is 3.03. The van der Waals surface area contributed by atoms with Gasteiger partial charge in [-0.1, -0.05) is 31.5 Å². The quantitative estimate of drug-likeness (QED) is 0.888. The molecular weight excluding hydrogens is 244 g/mol. The Kier molecular flexibility index (Phi) is 3.22. The number of para-hydroxylation sites is 1. The van der Waals surface area contributed by atoms with Gasteiger partial charge < -0.3 is 10.2 Å². The second kappa shape index (κ2) is 5.07. The average molecular weight is 270 g/mol. The molecule has 1 N–H and O–H groups in total. The minimum Gasteiger partial charge on any atom is -0.369 e. The molecule has 1 aliphatic carbocycles. The Balaban J connectivity index is 1.54. The molecule has 2 fully saturated rings. The number of hydrogen-bond donors (Lipinski definition) is 1. The molecular formula is C18H26N2. The van der Waals surface area contributed by atoms with Crippen LogP contribution < -0.4 is 10.2 Å². The van der Waals surface area contributed by atoms with Gasteiger partial charge in [-0.05, 0) is 55.2 Å². The fraction of sp³-hybridized carbons (Fsp3) is 0.667. The summed E-state index contributed by atoms with van der Waals surface area (Å²) >= 11 is 0. The van der Waals surface area contributed by atoms with Crippen LogP contribution >= 0.6 is 0 Å². The van der Waals surface area contributed by atoms with Crippen molar-refractivity contribution in [3.63, 3.8) is 0 Å². The Hall–Kier alpha value is -1.02. The molecule has 2 nitrogen and oxygen atoms in total. The molecule has 0 radical (unpaired) electrons. The van der Waals surface area contributed by atoms with Gasteiger partial charge in [0.1, 0.15) is 0 Å². The van der Waals surface area contributed by atoms with Crippen LogP contribution in [-0.2, 0) is 6.42 Å². The van der Waals surface area contributed by atoms with Crippen molar-refractivity contribution in [2.45, 2.75) is 38.6 Å². The molecule has 2 heterocycles. The molecule has 1 saturated carbocycles. The normalized spacial score (nSPS) is 36.0. The van der Waals surface area contributed by atoms with Crippen LogP contribution in [-0.4, -0.2) is 25.7 Å². The molecule has 4 atom stereocenters. The summed E-state index contributed by atoms with van der Waals surface area (Å²) in [4.78, 5) is 2.65. The van der Waals surface area contributed by atoms with Crippen LogP contribution in [0.3, 0.4) is 0 Å². The lowest BCUT2D eigenvalue weighted by molar-refractivity contribution is 0.398. The van der Waals surface area contributed by atoms with E-state index in [0.29, 0.717) is 0 Å². The molecule has 1 saturated heterocycles. The van der Waals surface area contributed by atoms with Crippen LogP contribution in [0.5, 0.6) is 0 Å². The monoisotopic (exact) mass is 270 g/mol. The largest absolute Gasteiger partial charge is 0.369 e. The predicted octanol–water partition coefficient (Wildman–Crippen LogP) is 3.07. The van der Waals surface area contributed by atoms with Crippen LogP contribution in [0.25, 0.3) is 0 Å². The van der Waals surface area contributed by atoms with Crippen molar-refractivity contribution in [3.05, 3.63) is 29.8 Å². The standard InChI is InChI=1S/C18H26N2/c1-13-9-14-5-2-3-8-18(14)20(11-13)12-17-16-7-4-6-15(16)10-19-17/h2-3,5,8,13,15-17,19H,4,6-7,9-12H2,1H3. The van der Waals surface area contributed by atoms with Crippen molar-refractivity contribution >= 4 is 5.69 Å². The number of benzene rings is 1. The Morgan fingerprint density at radius 1 is 1.25 bits per heavy atom. The zero-order valence-electron chi connectivity index (χ0n) is 12.5. The van der Waals surface area contributed by atoms with Gasteiger partial charge in [0, 0.05) is 24.8 Å². The first kappa shape index (κ1) is 12.7. The van der Waals surface area contributed by atoms with E-state index >= 15 is 0 Å². The molecule has 1 aromatic carbocycles. The highest BCUT2D eigenvalue weighted by atomic mass is 15.2. The van der Waals surface area contributed by atoms with Gasteiger partial charge in [0.05, 0.1) is 0 Å². The summed E-state index contributed by atoms with van der Waals surface area (Å²) in [5.74, 6) is 2.70. The van der Waals surface area contributed by atoms with Crippen molar-refractivity contribution in [2.24, 2.45) is 17.8 Å². The summed E-state index contributed by atoms with van der Waals surface area (Å²) in [6.45, 7) is 6.10. The van der Waals surface area contributed by atoms with Crippen molar-refractivity contribution in [2.75, 3.05) is 24.5 Å². The van der Waals surface area contributed by atoms with Gasteiger partial charge in [-0.15, -0.1) is 0 Å². The highest BCUT2D eigenvalue weighted by Gasteiger charge is 2.40. The molecule has 4 rings (SSSR count). The second-order valence-electron chi connectivity index (χ2n) is 7.21. The van der Waals surface area contributed by atoms with Gasteiger partial charge >= 0.3 is 0 Å². The molecule has 3 aliphatic rings. The van der Waals surface area contributed by atoms with Crippen molar-refractivity contribution < 1.29 is 0 Å². The molecule has 0 bridgehead atoms. The number of nitrogens with one attached hydrogen (secondary N) is 1. The zero-order chi connectivity index (χ0) is 13.5. The lowest BCUT2D eigenvalue weighted by atomic mass is 9.90. The Morgan fingerprint density at radius 2 is 2.15 bits per heavy atom. The summed E-state index contributed by atoms with van der Waals surface area (Å²) in [5, 5.41) is 3.81. The van der Waals surface area contributed by atoms with E-state index in [0.717, 1.165) is 23.8 Å². The van der Waals surface area contributed by atoms with E-state index < -0.39 is 0 Å². The maximum Gasteiger partial charge on any atom is 0.0399 e. The molecule has 4 unspecified atom stereocenters. The van der Waals surface area contributed by atoms with Crippen LogP contribution in [0.15, 0.2) is 24.3 Å². The summed E-state index contributed by atoms with van der Waals surface area (Å²) in [6.07, 6.45) is 5.62. The molecule has 1 aromatic rings. The third kappa shape index (κ3) is 2.14. The summed E-state index contributed by atoms with van der Waals surface area (Å²) < 4.78 is 0. The van der Waals surface area contributed by atoms with E-state index in [1.54, 1.807) is 5.56 Å². The zero-order valence-corrected chi connectivity index (χ0v) is 12.5. The van der Waals surface area contributed by atoms with Crippen molar-refractivity contribution in [3.8, 4) is 0 Å². The van der Waals surface area contributed by atoms with Gasteiger partial charge in [-0.3, -0.25) is 0 Å². The van der Waals surface area contributed by atoms with Crippen LogP contribution in [0, 0.1) is 17.8 Å². The molecule has 20 heavy (non-hydrogen) atoms. The fourth-order valence-electron chi connectivity index (χ4n) is 4.82. The van der Waals surface area contributed by atoms with Gasteiger partial charge in [0.15, 0.2) is 0 Å². The van der Waals surface area contributed by atoms with Gasteiger partial charge in [0.25, 0.3) is 0 Å². The van der Waals surface area contributed by atoms with Crippen LogP contribution in [0.1, 0.15) is 31.7 Å². The Morgan fingerprint density at radius 3 is 3.10 bits per heavy atom. The predicted molar refractivity (Wildman–Crippen MR) is 84.1 cm³/mol. The third-order valence-electron chi connectivity index (χ3n) is 5.73. The van der Waals surface area contributed by atoms with E-state index in [1.807, 2.05) is 0 Å². The number of hydrogen-bond acceptors (Lipinski definition) is 2. The lowest BCUT2D eigenvalue weighted by Crippen LogP contribution is -2.44. The molecule has 0 aromatic heterocycles. The van der Waals surface area contributed by atoms with Crippen LogP contribution in [0.2, 0.25) is 0 Å². The highest BCUT2D eigenvalue weighted by molar-refractivity contribution is 5.56. The van der Waals surface area contributed by atoms with Crippen molar-refractivity contribution in [1.82, 2.24) is 5.32 Å². The second-order valence-corrected chi connectivity index (χ2v) is 7.21. The SMILES string of the molecule is CC1Cc2ccccc2N(CC2NCC3CCCC32)C1. The highest BCUT2D eigenvalue weighted by Crippen LogP contribution is 2.39. The summed E-state index contributed by atoms with van der Waals surface area (Å²) in [6, 6.07) is 9.75. The topological polar surface area (TPSA) is 15.3 Å².